The molecular formula is C8H15F3N2O4S. The molecule has 0 aliphatic rings. The quantitative estimate of drug-likeness (QED) is 0.713. The Kier molecular flexibility index (Phi) is 6.04. The minimum Gasteiger partial charge on any atom is -0.468 e. The fraction of sp³-hybridized carbons (Fsp3) is 0.875. The summed E-state index contributed by atoms with van der Waals surface area (Å²) in [5.41, 5.74) is 0. The number of esters is 1. The summed E-state index contributed by atoms with van der Waals surface area (Å²) < 4.78 is 65.2. The molecule has 108 valence electrons. The number of rotatable bonds is 6. The van der Waals surface area contributed by atoms with Gasteiger partial charge in [-0.15, -0.1) is 0 Å². The second-order valence-corrected chi connectivity index (χ2v) is 5.36. The first-order chi connectivity index (χ1) is 7.99. The van der Waals surface area contributed by atoms with Gasteiger partial charge in [-0.2, -0.15) is 30.6 Å². The number of hydrogen-bond donors (Lipinski definition) is 1. The van der Waals surface area contributed by atoms with E-state index >= 15 is 0 Å². The molecule has 0 bridgehead atoms. The lowest BCUT2D eigenvalue weighted by Gasteiger charge is -2.25. The van der Waals surface area contributed by atoms with Gasteiger partial charge in [-0.05, 0) is 13.8 Å². The summed E-state index contributed by atoms with van der Waals surface area (Å²) in [5.74, 6) is -0.860. The number of nitrogens with one attached hydrogen (secondary N) is 1. The number of halogens is 3. The van der Waals surface area contributed by atoms with Crippen molar-refractivity contribution >= 4 is 16.2 Å². The van der Waals surface area contributed by atoms with Gasteiger partial charge in [0.2, 0.25) is 0 Å². The molecule has 0 fully saturated rings. The van der Waals surface area contributed by atoms with Crippen molar-refractivity contribution in [1.29, 1.82) is 0 Å². The smallest absolute Gasteiger partial charge is 0.402 e. The normalized spacial score (nSPS) is 13.1. The molecule has 0 atom stereocenters. The molecule has 0 aromatic rings. The highest BCUT2D eigenvalue weighted by Crippen LogP contribution is 2.14. The number of carbonyl (C=O) groups excluding carboxylic acids is 1. The van der Waals surface area contributed by atoms with Gasteiger partial charge in [-0.1, -0.05) is 0 Å². The molecule has 0 amide bonds. The van der Waals surface area contributed by atoms with E-state index in [-0.39, 0.29) is 0 Å². The van der Waals surface area contributed by atoms with E-state index in [2.05, 4.69) is 4.74 Å². The predicted octanol–water partition coefficient (Wildman–Crippen LogP) is 0.266. The largest absolute Gasteiger partial charge is 0.468 e. The summed E-state index contributed by atoms with van der Waals surface area (Å²) in [4.78, 5) is 11.0. The molecule has 0 aromatic heterocycles. The van der Waals surface area contributed by atoms with E-state index in [1.54, 1.807) is 0 Å². The van der Waals surface area contributed by atoms with Crippen LogP contribution >= 0.6 is 0 Å². The van der Waals surface area contributed by atoms with Gasteiger partial charge < -0.3 is 4.74 Å². The van der Waals surface area contributed by atoms with Crippen molar-refractivity contribution < 1.29 is 31.1 Å². The standard InChI is InChI=1S/C8H15F3N2O4S/c1-6(2)13(4-7(14)17-3)18(15,16)12-5-8(9,10)11/h6,12H,4-5H2,1-3H3. The molecule has 0 heterocycles. The highest BCUT2D eigenvalue weighted by Gasteiger charge is 2.33. The van der Waals surface area contributed by atoms with Crippen LogP contribution in [0.3, 0.4) is 0 Å². The van der Waals surface area contributed by atoms with Crippen LogP contribution in [0, 0.1) is 0 Å². The Morgan fingerprint density at radius 3 is 2.22 bits per heavy atom. The van der Waals surface area contributed by atoms with E-state index in [9.17, 15) is 26.4 Å². The molecule has 0 rings (SSSR count). The van der Waals surface area contributed by atoms with Crippen LogP contribution in [0.4, 0.5) is 13.2 Å². The molecule has 0 unspecified atom stereocenters. The van der Waals surface area contributed by atoms with Crippen LogP contribution in [0.25, 0.3) is 0 Å². The topological polar surface area (TPSA) is 75.7 Å². The number of methoxy groups -OCH3 is 1. The van der Waals surface area contributed by atoms with Gasteiger partial charge in [0.25, 0.3) is 10.2 Å². The lowest BCUT2D eigenvalue weighted by molar-refractivity contribution is -0.141. The zero-order valence-corrected chi connectivity index (χ0v) is 10.9. The summed E-state index contributed by atoms with van der Waals surface area (Å²) >= 11 is 0. The first kappa shape index (κ1) is 17.1. The monoisotopic (exact) mass is 292 g/mol. The van der Waals surface area contributed by atoms with Gasteiger partial charge in [0.05, 0.1) is 7.11 Å². The average Bonchev–Trinajstić information content (AvgIpc) is 2.21. The second-order valence-electron chi connectivity index (χ2n) is 3.66. The number of alkyl halides is 3. The Labute approximate surface area is 103 Å². The minimum atomic E-state index is -4.67. The van der Waals surface area contributed by atoms with Crippen LogP contribution in [0.1, 0.15) is 13.8 Å². The molecule has 6 nitrogen and oxygen atoms in total. The summed E-state index contributed by atoms with van der Waals surface area (Å²) in [6.07, 6.45) is -4.67. The van der Waals surface area contributed by atoms with E-state index in [1.807, 2.05) is 0 Å². The molecule has 0 radical (unpaired) electrons. The maximum atomic E-state index is 11.9. The average molecular weight is 292 g/mol. The van der Waals surface area contributed by atoms with Crippen molar-refractivity contribution in [2.24, 2.45) is 0 Å². The molecule has 0 aromatic carbocycles. The molecule has 0 saturated heterocycles. The first-order valence-electron chi connectivity index (χ1n) is 4.89. The molecule has 0 aliphatic heterocycles. The number of nitrogens with zero attached hydrogens (tertiary/aromatic N) is 1. The second kappa shape index (κ2) is 6.34. The molecule has 0 spiro atoms. The van der Waals surface area contributed by atoms with Crippen molar-refractivity contribution in [1.82, 2.24) is 9.03 Å². The summed E-state index contributed by atoms with van der Waals surface area (Å²) in [6, 6.07) is -0.685. The van der Waals surface area contributed by atoms with Gasteiger partial charge in [-0.3, -0.25) is 4.79 Å². The summed E-state index contributed by atoms with van der Waals surface area (Å²) in [5, 5.41) is 0. The van der Waals surface area contributed by atoms with E-state index < -0.39 is 41.5 Å². The lowest BCUT2D eigenvalue weighted by Crippen LogP contribution is -2.49. The molecule has 0 aliphatic carbocycles. The van der Waals surface area contributed by atoms with Crippen LogP contribution in [-0.2, 0) is 19.7 Å². The van der Waals surface area contributed by atoms with Gasteiger partial charge in [0.1, 0.15) is 13.1 Å². The SMILES string of the molecule is COC(=O)CN(C(C)C)S(=O)(=O)NCC(F)(F)F. The Hall–Kier alpha value is -0.870. The zero-order valence-electron chi connectivity index (χ0n) is 10.1. The van der Waals surface area contributed by atoms with Gasteiger partial charge in [0.15, 0.2) is 0 Å². The zero-order chi connectivity index (χ0) is 14.6. The molecular weight excluding hydrogens is 277 g/mol. The van der Waals surface area contributed by atoms with Gasteiger partial charge in [-0.25, -0.2) is 0 Å². The third-order valence-corrected chi connectivity index (χ3v) is 3.53. The van der Waals surface area contributed by atoms with Crippen molar-refractivity contribution in [2.75, 3.05) is 20.2 Å². The van der Waals surface area contributed by atoms with Crippen molar-refractivity contribution in [3.63, 3.8) is 0 Å². The molecule has 10 heteroatoms. The molecule has 0 saturated carbocycles. The number of hydrogen-bond acceptors (Lipinski definition) is 4. The van der Waals surface area contributed by atoms with Crippen LogP contribution in [-0.4, -0.2) is 51.1 Å². The minimum absolute atomic E-state index is 0.588. The first-order valence-corrected chi connectivity index (χ1v) is 6.33. The van der Waals surface area contributed by atoms with Gasteiger partial charge in [0, 0.05) is 6.04 Å². The highest BCUT2D eigenvalue weighted by molar-refractivity contribution is 7.87. The van der Waals surface area contributed by atoms with Crippen molar-refractivity contribution in [3.8, 4) is 0 Å². The Balaban J connectivity index is 4.83. The summed E-state index contributed by atoms with van der Waals surface area (Å²) in [6.45, 7) is 0.507. The van der Waals surface area contributed by atoms with Crippen LogP contribution < -0.4 is 4.72 Å². The Bertz CT molecular complexity index is 380. The van der Waals surface area contributed by atoms with Gasteiger partial charge >= 0.3 is 12.1 Å². The van der Waals surface area contributed by atoms with Crippen LogP contribution in [0.2, 0.25) is 0 Å². The van der Waals surface area contributed by atoms with E-state index in [1.165, 1.54) is 18.6 Å². The third kappa shape index (κ3) is 6.17. The Morgan fingerprint density at radius 2 is 1.89 bits per heavy atom. The predicted molar refractivity (Wildman–Crippen MR) is 56.8 cm³/mol. The van der Waals surface area contributed by atoms with Crippen LogP contribution in [0.15, 0.2) is 0 Å². The maximum Gasteiger partial charge on any atom is 0.402 e. The fourth-order valence-corrected chi connectivity index (χ4v) is 2.34. The third-order valence-electron chi connectivity index (χ3n) is 1.85. The lowest BCUT2D eigenvalue weighted by atomic mass is 10.4. The molecule has 1 N–H and O–H groups in total. The number of ether oxygens (including phenoxy) is 1. The highest BCUT2D eigenvalue weighted by atomic mass is 32.2. The fourth-order valence-electron chi connectivity index (χ4n) is 0.993. The number of carbonyl (C=O) groups is 1. The van der Waals surface area contributed by atoms with Crippen molar-refractivity contribution in [3.05, 3.63) is 0 Å². The van der Waals surface area contributed by atoms with E-state index in [0.29, 0.717) is 4.31 Å². The molecule has 18 heavy (non-hydrogen) atoms. The van der Waals surface area contributed by atoms with E-state index in [0.717, 1.165) is 7.11 Å². The maximum absolute atomic E-state index is 11.9. The Morgan fingerprint density at radius 1 is 1.39 bits per heavy atom. The van der Waals surface area contributed by atoms with E-state index in [4.69, 9.17) is 0 Å². The van der Waals surface area contributed by atoms with Crippen molar-refractivity contribution in [2.45, 2.75) is 26.1 Å². The summed E-state index contributed by atoms with van der Waals surface area (Å²) in [7, 11) is -3.35. The van der Waals surface area contributed by atoms with Crippen LogP contribution in [0.5, 0.6) is 0 Å².